The van der Waals surface area contributed by atoms with Gasteiger partial charge in [0.15, 0.2) is 0 Å². The average molecular weight is 413 g/mol. The number of carbonyl (C=O) groups is 1. The highest BCUT2D eigenvalue weighted by atomic mass is 32.2. The van der Waals surface area contributed by atoms with Crippen LogP contribution in [0.5, 0.6) is 0 Å². The molecule has 0 bridgehead atoms. The molecule has 1 amide bonds. The molecule has 0 radical (unpaired) electrons. The number of nitrogens with zero attached hydrogens (tertiary/aromatic N) is 3. The van der Waals surface area contributed by atoms with Crippen LogP contribution in [0.3, 0.4) is 0 Å². The summed E-state index contributed by atoms with van der Waals surface area (Å²) in [5, 5.41) is 2.87. The summed E-state index contributed by atoms with van der Waals surface area (Å²) in [5.41, 5.74) is 1.47. The molecule has 0 saturated carbocycles. The monoisotopic (exact) mass is 412 g/mol. The van der Waals surface area contributed by atoms with E-state index >= 15 is 0 Å². The van der Waals surface area contributed by atoms with Crippen LogP contribution in [0.25, 0.3) is 10.2 Å². The van der Waals surface area contributed by atoms with Crippen LogP contribution in [0.4, 0.5) is 5.69 Å². The number of hydrogen-bond donors (Lipinski definition) is 1. The number of carbonyl (C=O) groups excluding carboxylic acids is 1. The fraction of sp³-hybridized carbons (Fsp3) is 0.529. The van der Waals surface area contributed by atoms with Crippen molar-refractivity contribution in [1.29, 1.82) is 0 Å². The predicted molar refractivity (Wildman–Crippen MR) is 107 cm³/mol. The Labute approximate surface area is 162 Å². The van der Waals surface area contributed by atoms with Crippen molar-refractivity contribution >= 4 is 43.4 Å². The van der Waals surface area contributed by atoms with Gasteiger partial charge in [-0.2, -0.15) is 17.0 Å². The Kier molecular flexibility index (Phi) is 5.71. The van der Waals surface area contributed by atoms with Gasteiger partial charge in [-0.1, -0.05) is 11.3 Å². The Hall–Kier alpha value is -1.75. The first-order chi connectivity index (χ1) is 12.7. The molecule has 1 aromatic carbocycles. The molecule has 27 heavy (non-hydrogen) atoms. The van der Waals surface area contributed by atoms with Gasteiger partial charge < -0.3 is 5.32 Å². The molecule has 0 spiro atoms. The Balaban J connectivity index is 1.75. The molecule has 0 aliphatic carbocycles. The lowest BCUT2D eigenvalue weighted by Crippen LogP contribution is -2.47. The first-order valence-corrected chi connectivity index (χ1v) is 11.1. The molecule has 8 nitrogen and oxygen atoms in total. The average Bonchev–Trinajstić information content (AvgIpc) is 2.95. The molecule has 1 saturated heterocycles. The molecule has 1 aromatic heterocycles. The number of hydrogen-bond acceptors (Lipinski definition) is 5. The molecule has 1 fully saturated rings. The van der Waals surface area contributed by atoms with E-state index in [1.54, 1.807) is 16.7 Å². The van der Waals surface area contributed by atoms with Gasteiger partial charge in [0.25, 0.3) is 10.2 Å². The summed E-state index contributed by atoms with van der Waals surface area (Å²) in [6.07, 6.45) is 1.29. The number of rotatable bonds is 5. The molecule has 1 atom stereocenters. The second-order valence-electron chi connectivity index (χ2n) is 6.77. The maximum atomic E-state index is 12.7. The molecule has 10 heteroatoms. The molecule has 1 aliphatic rings. The minimum Gasteiger partial charge on any atom is -0.326 e. The van der Waals surface area contributed by atoms with Crippen LogP contribution < -0.4 is 10.2 Å². The van der Waals surface area contributed by atoms with Crippen molar-refractivity contribution in [2.45, 2.75) is 26.3 Å². The molecule has 1 aliphatic heterocycles. The zero-order valence-corrected chi connectivity index (χ0v) is 17.3. The summed E-state index contributed by atoms with van der Waals surface area (Å²) in [7, 11) is -0.546. The summed E-state index contributed by atoms with van der Waals surface area (Å²) >= 11 is 1.15. The van der Waals surface area contributed by atoms with Crippen LogP contribution in [0.15, 0.2) is 23.0 Å². The highest BCUT2D eigenvalue weighted by Gasteiger charge is 2.33. The highest BCUT2D eigenvalue weighted by molar-refractivity contribution is 7.86. The first kappa shape index (κ1) is 20.0. The van der Waals surface area contributed by atoms with Crippen molar-refractivity contribution < 1.29 is 13.2 Å². The van der Waals surface area contributed by atoms with E-state index in [0.717, 1.165) is 21.6 Å². The number of benzene rings is 1. The lowest BCUT2D eigenvalue weighted by molar-refractivity contribution is -0.120. The van der Waals surface area contributed by atoms with Crippen molar-refractivity contribution in [3.8, 4) is 0 Å². The van der Waals surface area contributed by atoms with Crippen LogP contribution in [-0.2, 0) is 21.5 Å². The van der Waals surface area contributed by atoms with Gasteiger partial charge in [-0.25, -0.2) is 0 Å². The maximum absolute atomic E-state index is 12.7. The summed E-state index contributed by atoms with van der Waals surface area (Å²) in [6.45, 7) is 3.12. The minimum atomic E-state index is -3.52. The number of fused-ring (bicyclic) bond motifs is 1. The maximum Gasteiger partial charge on any atom is 0.308 e. The predicted octanol–water partition coefficient (Wildman–Crippen LogP) is 1.54. The Morgan fingerprint density at radius 1 is 1.37 bits per heavy atom. The van der Waals surface area contributed by atoms with Crippen LogP contribution in [0.2, 0.25) is 0 Å². The second kappa shape index (κ2) is 7.70. The Morgan fingerprint density at radius 3 is 2.78 bits per heavy atom. The normalized spacial score (nSPS) is 18.9. The minimum absolute atomic E-state index is 0.0206. The third-order valence-corrected chi connectivity index (χ3v) is 7.64. The van der Waals surface area contributed by atoms with Gasteiger partial charge in [0, 0.05) is 39.4 Å². The molecule has 148 valence electrons. The summed E-state index contributed by atoms with van der Waals surface area (Å²) in [5.74, 6) is -0.599. The highest BCUT2D eigenvalue weighted by Crippen LogP contribution is 2.25. The first-order valence-electron chi connectivity index (χ1n) is 8.86. The lowest BCUT2D eigenvalue weighted by Gasteiger charge is -2.32. The standard InChI is InChI=1S/C17H24N4O4S2/c1-4-21-14-8-7-13(10-15(14)26-17(21)23)18-16(22)12-6-5-9-20(11-12)27(24,25)19(2)3/h7-8,10,12H,4-6,9,11H2,1-3H3,(H,18,22). The van der Waals surface area contributed by atoms with Gasteiger partial charge >= 0.3 is 4.87 Å². The number of thiazole rings is 1. The summed E-state index contributed by atoms with van der Waals surface area (Å²) in [4.78, 5) is 24.6. The fourth-order valence-electron chi connectivity index (χ4n) is 3.28. The van der Waals surface area contributed by atoms with E-state index in [9.17, 15) is 18.0 Å². The quantitative estimate of drug-likeness (QED) is 0.806. The Bertz CT molecular complexity index is 1010. The number of anilines is 1. The van der Waals surface area contributed by atoms with Crippen molar-refractivity contribution in [3.63, 3.8) is 0 Å². The van der Waals surface area contributed by atoms with Crippen LogP contribution in [-0.4, -0.2) is 54.7 Å². The topological polar surface area (TPSA) is 91.7 Å². The number of aryl methyl sites for hydroxylation is 1. The number of amides is 1. The zero-order valence-electron chi connectivity index (χ0n) is 15.6. The zero-order chi connectivity index (χ0) is 19.8. The number of piperidine rings is 1. The molecule has 2 heterocycles. The van der Waals surface area contributed by atoms with E-state index in [-0.39, 0.29) is 17.3 Å². The van der Waals surface area contributed by atoms with Gasteiger partial charge in [0.2, 0.25) is 5.91 Å². The van der Waals surface area contributed by atoms with Crippen molar-refractivity contribution in [3.05, 3.63) is 27.9 Å². The molecular weight excluding hydrogens is 388 g/mol. The molecular formula is C17H24N4O4S2. The number of aromatic nitrogens is 1. The van der Waals surface area contributed by atoms with E-state index in [4.69, 9.17) is 0 Å². The van der Waals surface area contributed by atoms with Crippen LogP contribution >= 0.6 is 11.3 Å². The van der Waals surface area contributed by atoms with E-state index in [1.165, 1.54) is 22.7 Å². The fourth-order valence-corrected chi connectivity index (χ4v) is 5.47. The molecule has 1 unspecified atom stereocenters. The van der Waals surface area contributed by atoms with Gasteiger partial charge in [0.1, 0.15) is 0 Å². The summed E-state index contributed by atoms with van der Waals surface area (Å²) in [6, 6.07) is 5.40. The van der Waals surface area contributed by atoms with E-state index < -0.39 is 16.1 Å². The molecule has 2 aromatic rings. The van der Waals surface area contributed by atoms with E-state index in [1.807, 2.05) is 13.0 Å². The third kappa shape index (κ3) is 3.93. The summed E-state index contributed by atoms with van der Waals surface area (Å²) < 4.78 is 29.7. The number of nitrogens with one attached hydrogen (secondary N) is 1. The van der Waals surface area contributed by atoms with E-state index in [0.29, 0.717) is 31.6 Å². The Morgan fingerprint density at radius 2 is 2.11 bits per heavy atom. The lowest BCUT2D eigenvalue weighted by atomic mass is 9.98. The van der Waals surface area contributed by atoms with Gasteiger partial charge in [-0.3, -0.25) is 14.2 Å². The van der Waals surface area contributed by atoms with Crippen molar-refractivity contribution in [1.82, 2.24) is 13.2 Å². The van der Waals surface area contributed by atoms with Gasteiger partial charge in [-0.15, -0.1) is 0 Å². The van der Waals surface area contributed by atoms with Crippen LogP contribution in [0.1, 0.15) is 19.8 Å². The van der Waals surface area contributed by atoms with Crippen molar-refractivity contribution in [2.75, 3.05) is 32.5 Å². The molecule has 3 rings (SSSR count). The third-order valence-electron chi connectivity index (χ3n) is 4.79. The van der Waals surface area contributed by atoms with Gasteiger partial charge in [-0.05, 0) is 38.0 Å². The van der Waals surface area contributed by atoms with E-state index in [2.05, 4.69) is 5.32 Å². The van der Waals surface area contributed by atoms with Crippen LogP contribution in [0, 0.1) is 5.92 Å². The van der Waals surface area contributed by atoms with Gasteiger partial charge in [0.05, 0.1) is 16.1 Å². The smallest absolute Gasteiger partial charge is 0.308 e. The second-order valence-corrected chi connectivity index (χ2v) is 9.91. The largest absolute Gasteiger partial charge is 0.326 e. The van der Waals surface area contributed by atoms with Crippen molar-refractivity contribution in [2.24, 2.45) is 5.92 Å². The molecule has 1 N–H and O–H groups in total. The SMILES string of the molecule is CCn1c(=O)sc2cc(NC(=O)C3CCCN(S(=O)(=O)N(C)C)C3)ccc21.